The molecule has 1 N–H and O–H groups in total. The predicted molar refractivity (Wildman–Crippen MR) is 125 cm³/mol. The van der Waals surface area contributed by atoms with Crippen LogP contribution in [0.2, 0.25) is 0 Å². The van der Waals surface area contributed by atoms with Crippen LogP contribution in [-0.4, -0.2) is 24.1 Å². The van der Waals surface area contributed by atoms with Gasteiger partial charge in [-0.25, -0.2) is 4.39 Å². The summed E-state index contributed by atoms with van der Waals surface area (Å²) < 4.78 is 14.2. The van der Waals surface area contributed by atoms with E-state index in [1.54, 1.807) is 29.2 Å². The first kappa shape index (κ1) is 21.5. The Morgan fingerprint density at radius 2 is 1.91 bits per heavy atom. The second-order valence-corrected chi connectivity index (χ2v) is 11.1. The molecule has 1 heterocycles. The zero-order valence-electron chi connectivity index (χ0n) is 18.6. The Bertz CT molecular complexity index is 1060. The quantitative estimate of drug-likeness (QED) is 0.673. The minimum Gasteiger partial charge on any atom is -0.352 e. The number of nitrogens with zero attached hydrogens (tertiary/aromatic N) is 1. The Hall–Kier alpha value is -2.34. The van der Waals surface area contributed by atoms with E-state index in [2.05, 4.69) is 19.2 Å². The number of hydrogen-bond donors (Lipinski definition) is 1. The fraction of sp³-hybridized carbons (Fsp3) is 0.462. The van der Waals surface area contributed by atoms with Gasteiger partial charge in [-0.2, -0.15) is 0 Å². The first-order valence-electron chi connectivity index (χ1n) is 11.4. The average molecular weight is 453 g/mol. The first-order valence-corrected chi connectivity index (χ1v) is 12.4. The molecule has 2 aromatic carbocycles. The van der Waals surface area contributed by atoms with E-state index in [1.807, 2.05) is 12.1 Å². The molecule has 2 aromatic rings. The molecule has 2 amide bonds. The van der Waals surface area contributed by atoms with E-state index < -0.39 is 0 Å². The molecule has 3 fully saturated rings. The molecule has 2 bridgehead atoms. The Morgan fingerprint density at radius 3 is 2.62 bits per heavy atom. The summed E-state index contributed by atoms with van der Waals surface area (Å²) >= 11 is 1.46. The van der Waals surface area contributed by atoms with Crippen molar-refractivity contribution in [1.29, 1.82) is 0 Å². The molecule has 6 heteroatoms. The van der Waals surface area contributed by atoms with Crippen LogP contribution in [-0.2, 0) is 11.3 Å². The SMILES string of the molecule is CC1(C)C2CC(CNC(=O)c3ccc4c(c3)N(Cc3ccccc3F)C(=O)CS4)CC1C2. The van der Waals surface area contributed by atoms with Gasteiger partial charge in [-0.1, -0.05) is 32.0 Å². The van der Waals surface area contributed by atoms with E-state index in [0.29, 0.717) is 40.4 Å². The van der Waals surface area contributed by atoms with Crippen molar-refractivity contribution in [3.8, 4) is 0 Å². The highest BCUT2D eigenvalue weighted by atomic mass is 32.2. The number of amides is 2. The number of carbonyl (C=O) groups excluding carboxylic acids is 2. The van der Waals surface area contributed by atoms with Crippen LogP contribution in [0.5, 0.6) is 0 Å². The molecule has 4 nitrogen and oxygen atoms in total. The van der Waals surface area contributed by atoms with Gasteiger partial charge >= 0.3 is 0 Å². The topological polar surface area (TPSA) is 49.4 Å². The van der Waals surface area contributed by atoms with Crippen LogP contribution < -0.4 is 10.2 Å². The van der Waals surface area contributed by atoms with Gasteiger partial charge < -0.3 is 10.2 Å². The Balaban J connectivity index is 1.29. The summed E-state index contributed by atoms with van der Waals surface area (Å²) in [4.78, 5) is 28.1. The summed E-state index contributed by atoms with van der Waals surface area (Å²) in [5, 5.41) is 3.12. The van der Waals surface area contributed by atoms with Gasteiger partial charge in [0, 0.05) is 22.6 Å². The maximum absolute atomic E-state index is 14.2. The van der Waals surface area contributed by atoms with Crippen molar-refractivity contribution in [2.45, 2.75) is 44.6 Å². The molecule has 0 radical (unpaired) electrons. The zero-order valence-corrected chi connectivity index (χ0v) is 19.4. The molecule has 32 heavy (non-hydrogen) atoms. The van der Waals surface area contributed by atoms with Crippen molar-refractivity contribution >= 4 is 29.3 Å². The van der Waals surface area contributed by atoms with E-state index in [1.165, 1.54) is 37.1 Å². The second-order valence-electron chi connectivity index (χ2n) is 10.0. The Kier molecular flexibility index (Phi) is 5.52. The fourth-order valence-corrected chi connectivity index (χ4v) is 6.56. The number of nitrogens with one attached hydrogen (secondary N) is 1. The highest BCUT2D eigenvalue weighted by molar-refractivity contribution is 8.00. The minimum atomic E-state index is -0.331. The smallest absolute Gasteiger partial charge is 0.251 e. The lowest BCUT2D eigenvalue weighted by atomic mass is 9.47. The van der Waals surface area contributed by atoms with Crippen molar-refractivity contribution in [2.24, 2.45) is 23.2 Å². The maximum atomic E-state index is 14.2. The van der Waals surface area contributed by atoms with Gasteiger partial charge in [0.25, 0.3) is 5.91 Å². The first-order chi connectivity index (χ1) is 15.3. The highest BCUT2D eigenvalue weighted by Crippen LogP contribution is 2.60. The van der Waals surface area contributed by atoms with E-state index >= 15 is 0 Å². The summed E-state index contributed by atoms with van der Waals surface area (Å²) in [7, 11) is 0. The van der Waals surface area contributed by atoms with E-state index in [9.17, 15) is 14.0 Å². The van der Waals surface area contributed by atoms with Crippen LogP contribution in [0.15, 0.2) is 47.4 Å². The Morgan fingerprint density at radius 1 is 1.16 bits per heavy atom. The van der Waals surface area contributed by atoms with Crippen molar-refractivity contribution in [3.63, 3.8) is 0 Å². The van der Waals surface area contributed by atoms with Crippen molar-refractivity contribution in [1.82, 2.24) is 5.32 Å². The number of fused-ring (bicyclic) bond motifs is 3. The van der Waals surface area contributed by atoms with E-state index in [4.69, 9.17) is 0 Å². The Labute approximate surface area is 193 Å². The molecule has 0 aromatic heterocycles. The molecular weight excluding hydrogens is 423 g/mol. The van der Waals surface area contributed by atoms with Crippen molar-refractivity contribution in [3.05, 3.63) is 59.4 Å². The van der Waals surface area contributed by atoms with Crippen LogP contribution >= 0.6 is 11.8 Å². The number of carbonyl (C=O) groups is 2. The molecule has 0 spiro atoms. The minimum absolute atomic E-state index is 0.0765. The molecule has 168 valence electrons. The molecule has 3 aliphatic carbocycles. The molecule has 2 atom stereocenters. The van der Waals surface area contributed by atoms with Crippen LogP contribution in [0.25, 0.3) is 0 Å². The summed E-state index contributed by atoms with van der Waals surface area (Å²) in [6.45, 7) is 5.61. The number of rotatable bonds is 5. The number of benzene rings is 2. The van der Waals surface area contributed by atoms with Gasteiger partial charge in [-0.15, -0.1) is 11.8 Å². The second kappa shape index (κ2) is 8.22. The normalized spacial score (nSPS) is 25.7. The predicted octanol–water partition coefficient (Wildman–Crippen LogP) is 5.27. The van der Waals surface area contributed by atoms with Crippen molar-refractivity contribution in [2.75, 3.05) is 17.2 Å². The molecule has 0 saturated heterocycles. The third-order valence-electron chi connectivity index (χ3n) is 7.91. The number of halogens is 1. The maximum Gasteiger partial charge on any atom is 0.251 e. The zero-order chi connectivity index (χ0) is 22.5. The van der Waals surface area contributed by atoms with Crippen molar-refractivity contribution < 1.29 is 14.0 Å². The lowest BCUT2D eigenvalue weighted by Gasteiger charge is -2.59. The summed E-state index contributed by atoms with van der Waals surface area (Å²) in [6, 6.07) is 12.0. The lowest BCUT2D eigenvalue weighted by molar-refractivity contribution is -0.116. The standard InChI is InChI=1S/C26H29FN2O2S/c1-26(2)19-9-16(10-20(26)12-19)13-28-25(31)17-7-8-23-22(11-17)29(24(30)15-32-23)14-18-5-3-4-6-21(18)27/h3-8,11,16,19-20H,9-10,12-15H2,1-2H3,(H,28,31). The molecule has 1 aliphatic heterocycles. The number of hydrogen-bond acceptors (Lipinski definition) is 3. The van der Waals surface area contributed by atoms with Crippen LogP contribution in [0.3, 0.4) is 0 Å². The van der Waals surface area contributed by atoms with Gasteiger partial charge in [-0.05, 0) is 66.7 Å². The average Bonchev–Trinajstić information content (AvgIpc) is 2.80. The van der Waals surface area contributed by atoms with Gasteiger partial charge in [0.05, 0.1) is 18.0 Å². The molecule has 4 aliphatic rings. The summed E-state index contributed by atoms with van der Waals surface area (Å²) in [5.74, 6) is 1.90. The van der Waals surface area contributed by atoms with Crippen LogP contribution in [0, 0.1) is 29.0 Å². The molecule has 6 rings (SSSR count). The van der Waals surface area contributed by atoms with Gasteiger partial charge in [0.2, 0.25) is 5.91 Å². The van der Waals surface area contributed by atoms with Gasteiger partial charge in [0.15, 0.2) is 0 Å². The lowest BCUT2D eigenvalue weighted by Crippen LogP contribution is -2.52. The number of anilines is 1. The third kappa shape index (κ3) is 3.83. The molecule has 3 saturated carbocycles. The molecular formula is C26H29FN2O2S. The highest BCUT2D eigenvalue weighted by Gasteiger charge is 2.52. The fourth-order valence-electron chi connectivity index (χ4n) is 5.64. The van der Waals surface area contributed by atoms with E-state index in [-0.39, 0.29) is 24.2 Å². The van der Waals surface area contributed by atoms with Crippen LogP contribution in [0.4, 0.5) is 10.1 Å². The summed E-state index contributed by atoms with van der Waals surface area (Å²) in [5.41, 5.74) is 2.15. The van der Waals surface area contributed by atoms with Crippen LogP contribution in [0.1, 0.15) is 49.0 Å². The number of thioether (sulfide) groups is 1. The van der Waals surface area contributed by atoms with E-state index in [0.717, 1.165) is 16.7 Å². The summed E-state index contributed by atoms with van der Waals surface area (Å²) in [6.07, 6.45) is 3.72. The third-order valence-corrected chi connectivity index (χ3v) is 8.96. The monoisotopic (exact) mass is 452 g/mol. The van der Waals surface area contributed by atoms with Gasteiger partial charge in [-0.3, -0.25) is 9.59 Å². The van der Waals surface area contributed by atoms with Gasteiger partial charge in [0.1, 0.15) is 5.82 Å². The molecule has 2 unspecified atom stereocenters. The largest absolute Gasteiger partial charge is 0.352 e.